The van der Waals surface area contributed by atoms with Crippen molar-refractivity contribution in [1.82, 2.24) is 10.2 Å². The standard InChI is InChI=1S/C22H26Cl2N2O3/c1-15-7-2-5-11-19(15)25-22(28)21(17-9-3-4-10-18(17)24)26(20(27)13-23)14-16-8-6-12-29-16/h3-4,6,8-10,12,15,19,21H,2,5,7,11,13-14H2,1H3,(H,25,28)/t15-,19+,21+/m1/s1. The number of furan rings is 1. The molecule has 0 unspecified atom stereocenters. The smallest absolute Gasteiger partial charge is 0.247 e. The van der Waals surface area contributed by atoms with Gasteiger partial charge in [-0.05, 0) is 37.0 Å². The summed E-state index contributed by atoms with van der Waals surface area (Å²) in [5.41, 5.74) is 0.570. The minimum absolute atomic E-state index is 0.0813. The van der Waals surface area contributed by atoms with Gasteiger partial charge in [-0.15, -0.1) is 11.6 Å². The molecule has 0 bridgehead atoms. The molecule has 1 N–H and O–H groups in total. The molecule has 1 heterocycles. The Kier molecular flexibility index (Phi) is 7.62. The summed E-state index contributed by atoms with van der Waals surface area (Å²) in [7, 11) is 0. The molecule has 3 atom stereocenters. The summed E-state index contributed by atoms with van der Waals surface area (Å²) in [4.78, 5) is 27.7. The van der Waals surface area contributed by atoms with E-state index < -0.39 is 6.04 Å². The summed E-state index contributed by atoms with van der Waals surface area (Å²) in [5, 5.41) is 3.60. The molecule has 0 saturated heterocycles. The SMILES string of the molecule is C[C@@H]1CCCC[C@@H]1NC(=O)[C@H](c1ccccc1Cl)N(Cc1ccco1)C(=O)CCl. The number of hydrogen-bond donors (Lipinski definition) is 1. The number of halogens is 2. The van der Waals surface area contributed by atoms with Gasteiger partial charge in [0.2, 0.25) is 11.8 Å². The van der Waals surface area contributed by atoms with Gasteiger partial charge in [-0.1, -0.05) is 49.6 Å². The molecule has 1 aromatic carbocycles. The molecule has 1 fully saturated rings. The first kappa shape index (κ1) is 21.7. The number of nitrogens with one attached hydrogen (secondary N) is 1. The minimum Gasteiger partial charge on any atom is -0.467 e. The highest BCUT2D eigenvalue weighted by atomic mass is 35.5. The Morgan fingerprint density at radius 1 is 1.21 bits per heavy atom. The highest BCUT2D eigenvalue weighted by Gasteiger charge is 2.35. The second-order valence-corrected chi connectivity index (χ2v) is 8.21. The summed E-state index contributed by atoms with van der Waals surface area (Å²) < 4.78 is 5.42. The summed E-state index contributed by atoms with van der Waals surface area (Å²) >= 11 is 12.3. The number of carbonyl (C=O) groups excluding carboxylic acids is 2. The van der Waals surface area contributed by atoms with Gasteiger partial charge in [0.05, 0.1) is 12.8 Å². The number of alkyl halides is 1. The first-order valence-corrected chi connectivity index (χ1v) is 10.8. The van der Waals surface area contributed by atoms with Gasteiger partial charge in [-0.3, -0.25) is 9.59 Å². The zero-order valence-electron chi connectivity index (χ0n) is 16.4. The topological polar surface area (TPSA) is 62.6 Å². The van der Waals surface area contributed by atoms with Gasteiger partial charge >= 0.3 is 0 Å². The van der Waals surface area contributed by atoms with Gasteiger partial charge in [-0.25, -0.2) is 0 Å². The highest BCUT2D eigenvalue weighted by molar-refractivity contribution is 6.31. The van der Waals surface area contributed by atoms with E-state index in [-0.39, 0.29) is 30.3 Å². The van der Waals surface area contributed by atoms with E-state index in [0.717, 1.165) is 19.3 Å². The fraction of sp³-hybridized carbons (Fsp3) is 0.455. The van der Waals surface area contributed by atoms with Crippen molar-refractivity contribution in [1.29, 1.82) is 0 Å². The fourth-order valence-electron chi connectivity index (χ4n) is 3.91. The third-order valence-corrected chi connectivity index (χ3v) is 6.11. The van der Waals surface area contributed by atoms with Crippen LogP contribution < -0.4 is 5.32 Å². The second kappa shape index (κ2) is 10.2. The van der Waals surface area contributed by atoms with Crippen molar-refractivity contribution in [2.24, 2.45) is 5.92 Å². The molecule has 156 valence electrons. The van der Waals surface area contributed by atoms with Crippen LogP contribution in [0.4, 0.5) is 0 Å². The molecule has 1 saturated carbocycles. The maximum Gasteiger partial charge on any atom is 0.247 e. The van der Waals surface area contributed by atoms with Crippen molar-refractivity contribution >= 4 is 35.0 Å². The van der Waals surface area contributed by atoms with Crippen molar-refractivity contribution in [3.63, 3.8) is 0 Å². The summed E-state index contributed by atoms with van der Waals surface area (Å²) in [5.74, 6) is 0.109. The summed E-state index contributed by atoms with van der Waals surface area (Å²) in [6.07, 6.45) is 5.81. The lowest BCUT2D eigenvalue weighted by atomic mass is 9.85. The fourth-order valence-corrected chi connectivity index (χ4v) is 4.30. The van der Waals surface area contributed by atoms with E-state index in [1.54, 1.807) is 36.4 Å². The monoisotopic (exact) mass is 436 g/mol. The van der Waals surface area contributed by atoms with Gasteiger partial charge < -0.3 is 14.6 Å². The average molecular weight is 437 g/mol. The Hall–Kier alpha value is -1.98. The maximum atomic E-state index is 13.5. The zero-order chi connectivity index (χ0) is 20.8. The van der Waals surface area contributed by atoms with E-state index in [1.807, 2.05) is 0 Å². The van der Waals surface area contributed by atoms with Gasteiger partial charge in [0.1, 0.15) is 17.7 Å². The molecule has 2 amide bonds. The lowest BCUT2D eigenvalue weighted by Crippen LogP contribution is -2.49. The van der Waals surface area contributed by atoms with Gasteiger partial charge in [-0.2, -0.15) is 0 Å². The highest BCUT2D eigenvalue weighted by Crippen LogP contribution is 2.31. The Morgan fingerprint density at radius 2 is 1.97 bits per heavy atom. The quantitative estimate of drug-likeness (QED) is 0.625. The first-order chi connectivity index (χ1) is 14.0. The van der Waals surface area contributed by atoms with Crippen LogP contribution in [0.15, 0.2) is 47.1 Å². The molecular weight excluding hydrogens is 411 g/mol. The summed E-state index contributed by atoms with van der Waals surface area (Å²) in [6, 6.07) is 9.79. The molecular formula is C22H26Cl2N2O3. The van der Waals surface area contributed by atoms with E-state index in [1.165, 1.54) is 17.6 Å². The van der Waals surface area contributed by atoms with E-state index in [2.05, 4.69) is 12.2 Å². The van der Waals surface area contributed by atoms with Crippen molar-refractivity contribution < 1.29 is 14.0 Å². The van der Waals surface area contributed by atoms with Gasteiger partial charge in [0, 0.05) is 16.6 Å². The lowest BCUT2D eigenvalue weighted by Gasteiger charge is -2.35. The van der Waals surface area contributed by atoms with Crippen LogP contribution in [-0.4, -0.2) is 28.6 Å². The number of benzene rings is 1. The molecule has 2 aromatic rings. The van der Waals surface area contributed by atoms with E-state index in [0.29, 0.717) is 22.3 Å². The average Bonchev–Trinajstić information content (AvgIpc) is 3.23. The van der Waals surface area contributed by atoms with Crippen LogP contribution in [0.25, 0.3) is 0 Å². The first-order valence-electron chi connectivity index (χ1n) is 9.94. The van der Waals surface area contributed by atoms with Crippen LogP contribution in [0.1, 0.15) is 50.0 Å². The molecule has 1 aromatic heterocycles. The third-order valence-electron chi connectivity index (χ3n) is 5.54. The molecule has 0 aliphatic heterocycles. The van der Waals surface area contributed by atoms with Crippen LogP contribution >= 0.6 is 23.2 Å². The molecule has 5 nitrogen and oxygen atoms in total. The largest absolute Gasteiger partial charge is 0.467 e. The number of amides is 2. The van der Waals surface area contributed by atoms with E-state index in [4.69, 9.17) is 27.6 Å². The maximum absolute atomic E-state index is 13.5. The molecule has 1 aliphatic rings. The number of rotatable bonds is 7. The van der Waals surface area contributed by atoms with Crippen molar-refractivity contribution in [2.45, 2.75) is 51.2 Å². The Balaban J connectivity index is 1.95. The second-order valence-electron chi connectivity index (χ2n) is 7.54. The molecule has 29 heavy (non-hydrogen) atoms. The number of hydrogen-bond acceptors (Lipinski definition) is 3. The van der Waals surface area contributed by atoms with Gasteiger partial charge in [0.15, 0.2) is 0 Å². The molecule has 1 aliphatic carbocycles. The predicted molar refractivity (Wildman–Crippen MR) is 114 cm³/mol. The van der Waals surface area contributed by atoms with Crippen molar-refractivity contribution in [3.05, 3.63) is 59.0 Å². The Labute approximate surface area is 181 Å². The predicted octanol–water partition coefficient (Wildman–Crippen LogP) is 4.94. The summed E-state index contributed by atoms with van der Waals surface area (Å²) in [6.45, 7) is 2.28. The Morgan fingerprint density at radius 3 is 2.62 bits per heavy atom. The van der Waals surface area contributed by atoms with Crippen LogP contribution in [-0.2, 0) is 16.1 Å². The van der Waals surface area contributed by atoms with Crippen LogP contribution in [0.5, 0.6) is 0 Å². The number of nitrogens with zero attached hydrogens (tertiary/aromatic N) is 1. The molecule has 7 heteroatoms. The molecule has 0 radical (unpaired) electrons. The molecule has 0 spiro atoms. The molecule has 3 rings (SSSR count). The van der Waals surface area contributed by atoms with Crippen molar-refractivity contribution in [2.75, 3.05) is 5.88 Å². The van der Waals surface area contributed by atoms with Crippen LogP contribution in [0.2, 0.25) is 5.02 Å². The number of carbonyl (C=O) groups is 2. The van der Waals surface area contributed by atoms with E-state index >= 15 is 0 Å². The van der Waals surface area contributed by atoms with E-state index in [9.17, 15) is 9.59 Å². The van der Waals surface area contributed by atoms with Crippen LogP contribution in [0.3, 0.4) is 0 Å². The Bertz CT molecular complexity index is 825. The zero-order valence-corrected chi connectivity index (χ0v) is 18.0. The van der Waals surface area contributed by atoms with Crippen LogP contribution in [0, 0.1) is 5.92 Å². The lowest BCUT2D eigenvalue weighted by molar-refractivity contribution is -0.140. The third kappa shape index (κ3) is 5.34. The minimum atomic E-state index is -0.894. The normalized spacial score (nSPS) is 20.1. The van der Waals surface area contributed by atoms with Gasteiger partial charge in [0.25, 0.3) is 0 Å². The van der Waals surface area contributed by atoms with Crippen molar-refractivity contribution in [3.8, 4) is 0 Å².